The van der Waals surface area contributed by atoms with Crippen LogP contribution in [-0.2, 0) is 25.7 Å². The number of ether oxygens (including phenoxy) is 1. The van der Waals surface area contributed by atoms with Crippen LogP contribution >= 0.6 is 0 Å². The zero-order valence-electron chi connectivity index (χ0n) is 16.8. The average Bonchev–Trinajstić information content (AvgIpc) is 2.72. The molecule has 0 spiro atoms. The van der Waals surface area contributed by atoms with Gasteiger partial charge in [0.15, 0.2) is 6.61 Å². The molecular formula is C20H21F3N2O5S. The van der Waals surface area contributed by atoms with Crippen LogP contribution in [0.5, 0.6) is 0 Å². The van der Waals surface area contributed by atoms with Crippen molar-refractivity contribution in [2.75, 3.05) is 25.0 Å². The van der Waals surface area contributed by atoms with Crippen molar-refractivity contribution >= 4 is 27.6 Å². The lowest BCUT2D eigenvalue weighted by molar-refractivity contribution is -0.138. The summed E-state index contributed by atoms with van der Waals surface area (Å²) in [5.74, 6) is -2.08. The number of rotatable bonds is 8. The normalized spacial score (nSPS) is 11.9. The molecule has 168 valence electrons. The maximum atomic E-state index is 13.0. The van der Waals surface area contributed by atoms with E-state index in [0.717, 1.165) is 18.2 Å². The number of halogens is 3. The molecule has 2 aromatic carbocycles. The summed E-state index contributed by atoms with van der Waals surface area (Å²) in [4.78, 5) is 24.0. The molecule has 0 aliphatic heterocycles. The van der Waals surface area contributed by atoms with Gasteiger partial charge < -0.3 is 10.1 Å². The van der Waals surface area contributed by atoms with Crippen LogP contribution in [0, 0.1) is 0 Å². The molecule has 0 aliphatic rings. The van der Waals surface area contributed by atoms with E-state index in [4.69, 9.17) is 0 Å². The molecule has 1 N–H and O–H groups in total. The Bertz CT molecular complexity index is 1030. The number of carbonyl (C=O) groups is 2. The van der Waals surface area contributed by atoms with Crippen LogP contribution in [0.25, 0.3) is 0 Å². The van der Waals surface area contributed by atoms with Crippen molar-refractivity contribution in [3.05, 3.63) is 59.7 Å². The van der Waals surface area contributed by atoms with Crippen LogP contribution in [-0.4, -0.2) is 44.3 Å². The van der Waals surface area contributed by atoms with E-state index < -0.39 is 45.8 Å². The Labute approximate surface area is 177 Å². The van der Waals surface area contributed by atoms with Crippen molar-refractivity contribution in [3.63, 3.8) is 0 Å². The highest BCUT2D eigenvalue weighted by atomic mass is 32.2. The minimum atomic E-state index is -4.74. The second-order valence-electron chi connectivity index (χ2n) is 6.28. The quantitative estimate of drug-likeness (QED) is 0.611. The van der Waals surface area contributed by atoms with Crippen LogP contribution in [0.3, 0.4) is 0 Å². The summed E-state index contributed by atoms with van der Waals surface area (Å²) < 4.78 is 69.8. The number of hydrogen-bond acceptors (Lipinski definition) is 5. The third kappa shape index (κ3) is 6.05. The van der Waals surface area contributed by atoms with Gasteiger partial charge in [-0.3, -0.25) is 4.79 Å². The molecule has 0 saturated carbocycles. The number of nitrogens with zero attached hydrogens (tertiary/aromatic N) is 1. The number of benzene rings is 2. The maximum Gasteiger partial charge on any atom is 0.417 e. The molecule has 7 nitrogen and oxygen atoms in total. The first kappa shape index (κ1) is 24.4. The van der Waals surface area contributed by atoms with E-state index in [0.29, 0.717) is 13.1 Å². The Hall–Kier alpha value is -2.92. The van der Waals surface area contributed by atoms with Gasteiger partial charge in [0.2, 0.25) is 10.0 Å². The van der Waals surface area contributed by atoms with Gasteiger partial charge in [-0.2, -0.15) is 17.5 Å². The van der Waals surface area contributed by atoms with Gasteiger partial charge in [-0.05, 0) is 36.4 Å². The molecule has 2 aromatic rings. The van der Waals surface area contributed by atoms with Gasteiger partial charge in [-0.25, -0.2) is 13.2 Å². The second kappa shape index (κ2) is 9.92. The molecule has 0 saturated heterocycles. The summed E-state index contributed by atoms with van der Waals surface area (Å²) in [6, 6.07) is 9.42. The zero-order chi connectivity index (χ0) is 23.2. The molecule has 11 heteroatoms. The first-order chi connectivity index (χ1) is 14.5. The van der Waals surface area contributed by atoms with Gasteiger partial charge >= 0.3 is 12.1 Å². The molecule has 0 aliphatic carbocycles. The molecular weight excluding hydrogens is 437 g/mol. The van der Waals surface area contributed by atoms with Crippen molar-refractivity contribution in [1.82, 2.24) is 4.31 Å². The Kier molecular flexibility index (Phi) is 7.80. The lowest BCUT2D eigenvalue weighted by Gasteiger charge is -2.18. The topological polar surface area (TPSA) is 92.8 Å². The third-order valence-electron chi connectivity index (χ3n) is 4.27. The maximum absolute atomic E-state index is 13.0. The van der Waals surface area contributed by atoms with E-state index in [9.17, 15) is 31.2 Å². The predicted octanol–water partition coefficient (Wildman–Crippen LogP) is 3.53. The predicted molar refractivity (Wildman–Crippen MR) is 107 cm³/mol. The van der Waals surface area contributed by atoms with E-state index in [1.807, 2.05) is 0 Å². The number of alkyl halides is 3. The highest BCUT2D eigenvalue weighted by molar-refractivity contribution is 7.89. The Balaban J connectivity index is 2.01. The van der Waals surface area contributed by atoms with E-state index in [-0.39, 0.29) is 10.6 Å². The second-order valence-corrected chi connectivity index (χ2v) is 8.22. The number of anilines is 1. The highest BCUT2D eigenvalue weighted by Crippen LogP contribution is 2.32. The van der Waals surface area contributed by atoms with Gasteiger partial charge in [-0.15, -0.1) is 0 Å². The molecule has 0 bridgehead atoms. The summed E-state index contributed by atoms with van der Waals surface area (Å²) in [7, 11) is -3.66. The molecule has 0 radical (unpaired) electrons. The van der Waals surface area contributed by atoms with Crippen molar-refractivity contribution < 1.29 is 35.9 Å². The van der Waals surface area contributed by atoms with Crippen molar-refractivity contribution in [2.45, 2.75) is 24.9 Å². The minimum absolute atomic E-state index is 0.0457. The Morgan fingerprint density at radius 1 is 1.00 bits per heavy atom. The number of esters is 1. The average molecular weight is 458 g/mol. The van der Waals surface area contributed by atoms with Crippen LogP contribution in [0.2, 0.25) is 0 Å². The standard InChI is InChI=1S/C20H21F3N2O5S/c1-3-25(4-2)31(28,29)15-11-9-14(10-12-15)24-18(26)13-30-19(27)16-7-5-6-8-17(16)20(21,22)23/h5-12H,3-4,13H2,1-2H3,(H,24,26). The van der Waals surface area contributed by atoms with Crippen molar-refractivity contribution in [3.8, 4) is 0 Å². The van der Waals surface area contributed by atoms with Crippen LogP contribution < -0.4 is 5.32 Å². The van der Waals surface area contributed by atoms with Crippen LogP contribution in [0.4, 0.5) is 18.9 Å². The smallest absolute Gasteiger partial charge is 0.417 e. The summed E-state index contributed by atoms with van der Waals surface area (Å²) in [6.07, 6.45) is -4.74. The van der Waals surface area contributed by atoms with Gasteiger partial charge in [0, 0.05) is 18.8 Å². The lowest BCUT2D eigenvalue weighted by atomic mass is 10.1. The molecule has 1 amide bonds. The molecule has 0 aromatic heterocycles. The number of sulfonamides is 1. The van der Waals surface area contributed by atoms with Crippen molar-refractivity contribution in [1.29, 1.82) is 0 Å². The van der Waals surface area contributed by atoms with E-state index in [1.54, 1.807) is 13.8 Å². The third-order valence-corrected chi connectivity index (χ3v) is 6.33. The Morgan fingerprint density at radius 2 is 1.58 bits per heavy atom. The Morgan fingerprint density at radius 3 is 2.13 bits per heavy atom. The fraction of sp³-hybridized carbons (Fsp3) is 0.300. The number of hydrogen-bond donors (Lipinski definition) is 1. The molecule has 31 heavy (non-hydrogen) atoms. The largest absolute Gasteiger partial charge is 0.452 e. The monoisotopic (exact) mass is 458 g/mol. The molecule has 0 fully saturated rings. The minimum Gasteiger partial charge on any atom is -0.452 e. The molecule has 0 atom stereocenters. The molecule has 2 rings (SSSR count). The summed E-state index contributed by atoms with van der Waals surface area (Å²) in [5.41, 5.74) is -1.63. The van der Waals surface area contributed by atoms with Gasteiger partial charge in [-0.1, -0.05) is 26.0 Å². The SMILES string of the molecule is CCN(CC)S(=O)(=O)c1ccc(NC(=O)COC(=O)c2ccccc2C(F)(F)F)cc1. The number of amides is 1. The fourth-order valence-electron chi connectivity index (χ4n) is 2.74. The number of nitrogens with one attached hydrogen (secondary N) is 1. The van der Waals surface area contributed by atoms with Gasteiger partial charge in [0.1, 0.15) is 0 Å². The van der Waals surface area contributed by atoms with Crippen LogP contribution in [0.15, 0.2) is 53.4 Å². The summed E-state index contributed by atoms with van der Waals surface area (Å²) in [5, 5.41) is 2.38. The molecule has 0 unspecified atom stereocenters. The van der Waals surface area contributed by atoms with E-state index in [2.05, 4.69) is 10.1 Å². The van der Waals surface area contributed by atoms with E-state index >= 15 is 0 Å². The number of carbonyl (C=O) groups excluding carboxylic acids is 2. The lowest BCUT2D eigenvalue weighted by Crippen LogP contribution is -2.30. The van der Waals surface area contributed by atoms with Gasteiger partial charge in [0.25, 0.3) is 5.91 Å². The van der Waals surface area contributed by atoms with E-state index in [1.165, 1.54) is 34.6 Å². The van der Waals surface area contributed by atoms with Crippen LogP contribution in [0.1, 0.15) is 29.8 Å². The first-order valence-corrected chi connectivity index (χ1v) is 10.7. The fourth-order valence-corrected chi connectivity index (χ4v) is 4.20. The first-order valence-electron chi connectivity index (χ1n) is 9.24. The van der Waals surface area contributed by atoms with Crippen molar-refractivity contribution in [2.24, 2.45) is 0 Å². The molecule has 0 heterocycles. The summed E-state index contributed by atoms with van der Waals surface area (Å²) in [6.45, 7) is 3.22. The van der Waals surface area contributed by atoms with Gasteiger partial charge in [0.05, 0.1) is 16.0 Å². The zero-order valence-corrected chi connectivity index (χ0v) is 17.6. The summed E-state index contributed by atoms with van der Waals surface area (Å²) >= 11 is 0. The highest BCUT2D eigenvalue weighted by Gasteiger charge is 2.35.